The summed E-state index contributed by atoms with van der Waals surface area (Å²) >= 11 is 0. The molecule has 1 aromatic carbocycles. The highest BCUT2D eigenvalue weighted by atomic mass is 19.1. The van der Waals surface area contributed by atoms with Crippen molar-refractivity contribution < 1.29 is 18.7 Å². The maximum absolute atomic E-state index is 15.0. The van der Waals surface area contributed by atoms with Crippen LogP contribution < -0.4 is 0 Å². The van der Waals surface area contributed by atoms with Crippen molar-refractivity contribution in [2.75, 3.05) is 20.8 Å². The van der Waals surface area contributed by atoms with Gasteiger partial charge in [-0.15, -0.1) is 0 Å². The highest BCUT2D eigenvalue weighted by molar-refractivity contribution is 5.97. The number of pyridine rings is 1. The van der Waals surface area contributed by atoms with E-state index < -0.39 is 5.92 Å². The van der Waals surface area contributed by atoms with Crippen LogP contribution >= 0.6 is 0 Å². The van der Waals surface area contributed by atoms with Crippen molar-refractivity contribution in [3.63, 3.8) is 0 Å². The molecule has 190 valence electrons. The molecule has 2 heterocycles. The number of aryl methyl sites for hydroxylation is 1. The van der Waals surface area contributed by atoms with E-state index >= 15 is 0 Å². The molecular formula is C30H35FN2O3. The van der Waals surface area contributed by atoms with Crippen LogP contribution in [0.4, 0.5) is 4.39 Å². The second-order valence-electron chi connectivity index (χ2n) is 10.6. The summed E-state index contributed by atoms with van der Waals surface area (Å²) in [6, 6.07) is 1.57. The maximum Gasteiger partial charge on any atom is 0.252 e. The molecule has 2 aromatic rings. The number of allylic oxidation sites excluding steroid dienone is 2. The molecule has 6 heteroatoms. The van der Waals surface area contributed by atoms with Gasteiger partial charge in [0.2, 0.25) is 0 Å². The number of hydrogen-bond donors (Lipinski definition) is 0. The highest BCUT2D eigenvalue weighted by Gasteiger charge is 2.37. The summed E-state index contributed by atoms with van der Waals surface area (Å²) in [5.74, 6) is 0.236. The Labute approximate surface area is 212 Å². The Hall–Kier alpha value is -2.86. The van der Waals surface area contributed by atoms with E-state index in [0.717, 1.165) is 41.3 Å². The van der Waals surface area contributed by atoms with E-state index in [-0.39, 0.29) is 18.3 Å². The Kier molecular flexibility index (Phi) is 6.82. The van der Waals surface area contributed by atoms with Gasteiger partial charge < -0.3 is 14.4 Å². The number of aromatic nitrogens is 1. The van der Waals surface area contributed by atoms with Gasteiger partial charge in [-0.1, -0.05) is 19.4 Å². The van der Waals surface area contributed by atoms with Crippen LogP contribution in [0.5, 0.6) is 0 Å². The van der Waals surface area contributed by atoms with Crippen LogP contribution in [0.25, 0.3) is 17.0 Å². The first-order chi connectivity index (χ1) is 17.4. The van der Waals surface area contributed by atoms with E-state index in [0.29, 0.717) is 47.0 Å². The molecule has 0 spiro atoms. The number of fused-ring (bicyclic) bond motifs is 2. The number of rotatable bonds is 6. The van der Waals surface area contributed by atoms with Crippen molar-refractivity contribution in [1.29, 1.82) is 0 Å². The Morgan fingerprint density at radius 3 is 2.67 bits per heavy atom. The Bertz CT molecular complexity index is 1290. The molecule has 1 saturated carbocycles. The van der Waals surface area contributed by atoms with Crippen LogP contribution in [-0.2, 0) is 27.3 Å². The lowest BCUT2D eigenvalue weighted by atomic mass is 9.66. The van der Waals surface area contributed by atoms with Crippen molar-refractivity contribution in [3.05, 3.63) is 57.1 Å². The molecule has 0 saturated heterocycles. The highest BCUT2D eigenvalue weighted by Crippen LogP contribution is 2.50. The van der Waals surface area contributed by atoms with Gasteiger partial charge in [0.05, 0.1) is 17.8 Å². The summed E-state index contributed by atoms with van der Waals surface area (Å²) in [6.45, 7) is 4.34. The molecule has 5 nitrogen and oxygen atoms in total. The summed E-state index contributed by atoms with van der Waals surface area (Å²) in [5.41, 5.74) is 6.70. The Morgan fingerprint density at radius 1 is 1.25 bits per heavy atom. The number of amides is 1. The molecule has 1 aliphatic heterocycles. The van der Waals surface area contributed by atoms with Gasteiger partial charge >= 0.3 is 0 Å². The monoisotopic (exact) mass is 490 g/mol. The van der Waals surface area contributed by atoms with Crippen LogP contribution in [0.15, 0.2) is 23.3 Å². The first-order valence-electron chi connectivity index (χ1n) is 13.1. The molecule has 0 N–H and O–H groups in total. The average Bonchev–Trinajstić information content (AvgIpc) is 2.88. The minimum absolute atomic E-state index is 0.130. The molecule has 5 rings (SSSR count). The van der Waals surface area contributed by atoms with Crippen LogP contribution in [0, 0.1) is 24.6 Å². The third kappa shape index (κ3) is 4.00. The fourth-order valence-electron chi connectivity index (χ4n) is 6.40. The zero-order chi connectivity index (χ0) is 25.6. The molecular weight excluding hydrogens is 455 g/mol. The zero-order valence-electron chi connectivity index (χ0n) is 21.7. The van der Waals surface area contributed by atoms with E-state index in [4.69, 9.17) is 9.72 Å². The van der Waals surface area contributed by atoms with E-state index in [1.54, 1.807) is 18.1 Å². The molecule has 2 unspecified atom stereocenters. The number of halogens is 1. The molecule has 36 heavy (non-hydrogen) atoms. The Morgan fingerprint density at radius 2 is 2.03 bits per heavy atom. The van der Waals surface area contributed by atoms with Crippen molar-refractivity contribution >= 4 is 29.2 Å². The van der Waals surface area contributed by atoms with Gasteiger partial charge in [-0.3, -0.25) is 4.79 Å². The average molecular weight is 491 g/mol. The maximum atomic E-state index is 15.0. The smallest absolute Gasteiger partial charge is 0.252 e. The number of likely N-dealkylation sites (N-methyl/N-ethyl adjacent to an activating group) is 1. The van der Waals surface area contributed by atoms with E-state index in [2.05, 4.69) is 0 Å². The van der Waals surface area contributed by atoms with Crippen LogP contribution in [0.2, 0.25) is 0 Å². The first kappa shape index (κ1) is 24.8. The van der Waals surface area contributed by atoms with E-state index in [1.807, 2.05) is 33.0 Å². The fourth-order valence-corrected chi connectivity index (χ4v) is 6.40. The SMILES string of the molecule is CCC(C=O)C1=C(\COC)C(=O)N(C)Cc2c(nc3cc(F)c(C)c4c3c2C(C2CCC2)CC4)\C=C\1. The van der Waals surface area contributed by atoms with E-state index in [9.17, 15) is 14.0 Å². The van der Waals surface area contributed by atoms with Crippen LogP contribution in [-0.4, -0.2) is 42.8 Å². The molecule has 1 amide bonds. The number of ether oxygens (including phenoxy) is 1. The summed E-state index contributed by atoms with van der Waals surface area (Å²) < 4.78 is 20.4. The molecule has 1 fully saturated rings. The van der Waals surface area contributed by atoms with Crippen LogP contribution in [0.1, 0.15) is 72.9 Å². The van der Waals surface area contributed by atoms with Gasteiger partial charge in [-0.05, 0) is 79.2 Å². The van der Waals surface area contributed by atoms with Gasteiger partial charge in [0.1, 0.15) is 12.1 Å². The number of hydrogen-bond acceptors (Lipinski definition) is 4. The quantitative estimate of drug-likeness (QED) is 0.490. The minimum atomic E-state index is -0.418. The fraction of sp³-hybridized carbons (Fsp3) is 0.500. The van der Waals surface area contributed by atoms with Crippen molar-refractivity contribution in [2.24, 2.45) is 11.8 Å². The molecule has 2 atom stereocenters. The van der Waals surface area contributed by atoms with Gasteiger partial charge in [0, 0.05) is 49.2 Å². The number of aldehydes is 1. The number of nitrogens with zero attached hydrogens (tertiary/aromatic N) is 2. The minimum Gasteiger partial charge on any atom is -0.380 e. The van der Waals surface area contributed by atoms with Gasteiger partial charge in [-0.2, -0.15) is 0 Å². The van der Waals surface area contributed by atoms with Crippen molar-refractivity contribution in [3.8, 4) is 0 Å². The second-order valence-corrected chi connectivity index (χ2v) is 10.6. The predicted octanol–water partition coefficient (Wildman–Crippen LogP) is 5.67. The first-order valence-corrected chi connectivity index (χ1v) is 13.1. The zero-order valence-corrected chi connectivity index (χ0v) is 21.7. The topological polar surface area (TPSA) is 59.5 Å². The standard InChI is InChI=1S/C30H35FN2O3/c1-5-18(15-34)21-11-12-26-23(14-33(3)30(35)24(21)16-36-4)28-22(19-7-6-8-19)10-9-20-17(2)25(31)13-27(32-26)29(20)28/h11-13,15,18-19,22H,5-10,14,16H2,1-4H3/b12-11+,24-21+. The molecule has 3 aliphatic rings. The molecule has 0 radical (unpaired) electrons. The van der Waals surface area contributed by atoms with Crippen molar-refractivity contribution in [1.82, 2.24) is 9.88 Å². The lowest BCUT2D eigenvalue weighted by Crippen LogP contribution is -2.32. The van der Waals surface area contributed by atoms with Crippen molar-refractivity contribution in [2.45, 2.75) is 64.8 Å². The predicted molar refractivity (Wildman–Crippen MR) is 139 cm³/mol. The molecule has 2 aliphatic carbocycles. The third-order valence-corrected chi connectivity index (χ3v) is 8.63. The van der Waals surface area contributed by atoms with E-state index in [1.165, 1.54) is 24.8 Å². The number of carbonyl (C=O) groups excluding carboxylic acids is 2. The van der Waals surface area contributed by atoms with Crippen LogP contribution in [0.3, 0.4) is 0 Å². The van der Waals surface area contributed by atoms with Gasteiger partial charge in [0.25, 0.3) is 5.91 Å². The second kappa shape index (κ2) is 9.89. The summed E-state index contributed by atoms with van der Waals surface area (Å²) in [4.78, 5) is 32.3. The molecule has 1 aromatic heterocycles. The van der Waals surface area contributed by atoms with Gasteiger partial charge in [0.15, 0.2) is 0 Å². The summed E-state index contributed by atoms with van der Waals surface area (Å²) in [5, 5.41) is 1.09. The van der Waals surface area contributed by atoms with Gasteiger partial charge in [-0.25, -0.2) is 9.37 Å². The largest absolute Gasteiger partial charge is 0.380 e. The normalized spacial score (nSPS) is 24.0. The lowest BCUT2D eigenvalue weighted by molar-refractivity contribution is -0.127. The number of benzene rings is 1. The summed E-state index contributed by atoms with van der Waals surface area (Å²) in [6.07, 6.45) is 10.8. The summed E-state index contributed by atoms with van der Waals surface area (Å²) in [7, 11) is 3.37. The Balaban J connectivity index is 1.80. The number of carbonyl (C=O) groups is 2. The molecule has 0 bridgehead atoms. The number of methoxy groups -OCH3 is 1. The third-order valence-electron chi connectivity index (χ3n) is 8.63. The lowest BCUT2D eigenvalue weighted by Gasteiger charge is -2.39.